The summed E-state index contributed by atoms with van der Waals surface area (Å²) in [5.41, 5.74) is 5.96. The molecule has 116 valence electrons. The molecule has 2 aromatic rings. The number of nitrogens with one attached hydrogen (secondary N) is 1. The number of aliphatic hydroxyl groups is 1. The monoisotopic (exact) mass is 305 g/mol. The smallest absolute Gasteiger partial charge is 0.252 e. The van der Waals surface area contributed by atoms with E-state index in [0.717, 1.165) is 0 Å². The predicted octanol–water partition coefficient (Wildman–Crippen LogP) is 1.17. The van der Waals surface area contributed by atoms with Crippen molar-refractivity contribution in [2.75, 3.05) is 18.5 Å². The number of carbonyl (C=O) groups is 1. The van der Waals surface area contributed by atoms with Crippen LogP contribution < -0.4 is 15.8 Å². The van der Waals surface area contributed by atoms with E-state index in [4.69, 9.17) is 10.5 Å². The minimum Gasteiger partial charge on any atom is -0.491 e. The van der Waals surface area contributed by atoms with E-state index in [1.807, 2.05) is 0 Å². The second kappa shape index (κ2) is 7.37. The number of nitrogens with zero attached hydrogens (tertiary/aromatic N) is 1. The summed E-state index contributed by atoms with van der Waals surface area (Å²) in [5, 5.41) is 12.8. The topological polar surface area (TPSA) is 97.5 Å². The highest BCUT2D eigenvalue weighted by atomic mass is 19.1. The van der Waals surface area contributed by atoms with Crippen molar-refractivity contribution in [2.45, 2.75) is 6.10 Å². The van der Waals surface area contributed by atoms with Crippen molar-refractivity contribution in [3.63, 3.8) is 0 Å². The Bertz CT molecular complexity index is 634. The van der Waals surface area contributed by atoms with E-state index >= 15 is 0 Å². The Morgan fingerprint density at radius 1 is 1.36 bits per heavy atom. The fourth-order valence-electron chi connectivity index (χ4n) is 1.75. The van der Waals surface area contributed by atoms with Gasteiger partial charge in [0.05, 0.1) is 11.3 Å². The third-order valence-corrected chi connectivity index (χ3v) is 2.87. The summed E-state index contributed by atoms with van der Waals surface area (Å²) in [6, 6.07) is 7.09. The number of primary amides is 1. The molecule has 0 fully saturated rings. The van der Waals surface area contributed by atoms with E-state index in [9.17, 15) is 14.3 Å². The highest BCUT2D eigenvalue weighted by Crippen LogP contribution is 2.13. The van der Waals surface area contributed by atoms with Crippen molar-refractivity contribution in [3.05, 3.63) is 54.1 Å². The van der Waals surface area contributed by atoms with Gasteiger partial charge in [-0.1, -0.05) is 0 Å². The average molecular weight is 305 g/mol. The van der Waals surface area contributed by atoms with Crippen LogP contribution in [0.15, 0.2) is 42.7 Å². The van der Waals surface area contributed by atoms with E-state index in [1.165, 1.54) is 36.7 Å². The van der Waals surface area contributed by atoms with Crippen molar-refractivity contribution < 1.29 is 19.0 Å². The molecule has 2 rings (SSSR count). The van der Waals surface area contributed by atoms with Crippen LogP contribution in [-0.2, 0) is 0 Å². The van der Waals surface area contributed by atoms with Gasteiger partial charge in [-0.15, -0.1) is 0 Å². The molecule has 0 bridgehead atoms. The number of aromatic nitrogens is 1. The van der Waals surface area contributed by atoms with E-state index < -0.39 is 12.0 Å². The summed E-state index contributed by atoms with van der Waals surface area (Å²) in [6.07, 6.45) is 2.04. The van der Waals surface area contributed by atoms with Crippen molar-refractivity contribution in [1.29, 1.82) is 0 Å². The molecule has 0 aliphatic rings. The predicted molar refractivity (Wildman–Crippen MR) is 79.1 cm³/mol. The van der Waals surface area contributed by atoms with Gasteiger partial charge in [0.15, 0.2) is 0 Å². The van der Waals surface area contributed by atoms with Gasteiger partial charge in [0, 0.05) is 18.9 Å². The first kappa shape index (κ1) is 15.7. The van der Waals surface area contributed by atoms with Gasteiger partial charge in [-0.25, -0.2) is 4.39 Å². The molecular weight excluding hydrogens is 289 g/mol. The standard InChI is InChI=1S/C15H16FN3O3/c16-10-1-3-12(4-2-10)22-9-11(20)7-19-14-5-6-18-8-13(14)15(17)21/h1-6,8,11,20H,7,9H2,(H2,17,21)(H,18,19). The quantitative estimate of drug-likeness (QED) is 0.713. The second-order valence-corrected chi connectivity index (χ2v) is 4.59. The molecule has 22 heavy (non-hydrogen) atoms. The molecule has 1 heterocycles. The fourth-order valence-corrected chi connectivity index (χ4v) is 1.75. The molecule has 7 heteroatoms. The first-order chi connectivity index (χ1) is 10.6. The van der Waals surface area contributed by atoms with E-state index in [2.05, 4.69) is 10.3 Å². The lowest BCUT2D eigenvalue weighted by Gasteiger charge is -2.15. The number of aliphatic hydroxyl groups excluding tert-OH is 1. The van der Waals surface area contributed by atoms with Crippen molar-refractivity contribution in [3.8, 4) is 5.75 Å². The maximum Gasteiger partial charge on any atom is 0.252 e. The molecule has 1 aromatic heterocycles. The van der Waals surface area contributed by atoms with Crippen LogP contribution in [0.5, 0.6) is 5.75 Å². The third-order valence-electron chi connectivity index (χ3n) is 2.87. The summed E-state index contributed by atoms with van der Waals surface area (Å²) < 4.78 is 18.1. The Hall–Kier alpha value is -2.67. The Morgan fingerprint density at radius 2 is 2.09 bits per heavy atom. The second-order valence-electron chi connectivity index (χ2n) is 4.59. The van der Waals surface area contributed by atoms with Crippen LogP contribution in [0.2, 0.25) is 0 Å². The number of anilines is 1. The number of rotatable bonds is 7. The number of pyridine rings is 1. The van der Waals surface area contributed by atoms with Gasteiger partial charge in [-0.05, 0) is 30.3 Å². The van der Waals surface area contributed by atoms with Crippen LogP contribution in [0, 0.1) is 5.82 Å². The molecule has 0 aliphatic carbocycles. The Labute approximate surface area is 126 Å². The van der Waals surface area contributed by atoms with Crippen molar-refractivity contribution in [2.24, 2.45) is 5.73 Å². The van der Waals surface area contributed by atoms with Crippen LogP contribution in [0.4, 0.5) is 10.1 Å². The number of carbonyl (C=O) groups excluding carboxylic acids is 1. The number of hydrogen-bond acceptors (Lipinski definition) is 5. The molecule has 4 N–H and O–H groups in total. The molecule has 1 unspecified atom stereocenters. The van der Waals surface area contributed by atoms with Gasteiger partial charge < -0.3 is 20.9 Å². The van der Waals surface area contributed by atoms with Gasteiger partial charge in [0.25, 0.3) is 5.91 Å². The van der Waals surface area contributed by atoms with Crippen LogP contribution >= 0.6 is 0 Å². The average Bonchev–Trinajstić information content (AvgIpc) is 2.52. The van der Waals surface area contributed by atoms with Gasteiger partial charge in [0.1, 0.15) is 24.3 Å². The fraction of sp³-hybridized carbons (Fsp3) is 0.200. The summed E-state index contributed by atoms with van der Waals surface area (Å²) in [7, 11) is 0. The molecule has 0 spiro atoms. The number of halogens is 1. The molecule has 6 nitrogen and oxygen atoms in total. The van der Waals surface area contributed by atoms with Crippen LogP contribution in [-0.4, -0.2) is 35.3 Å². The van der Waals surface area contributed by atoms with Crippen molar-refractivity contribution in [1.82, 2.24) is 4.98 Å². The maximum atomic E-state index is 12.7. The number of benzene rings is 1. The minimum absolute atomic E-state index is 0.0234. The van der Waals surface area contributed by atoms with E-state index in [-0.39, 0.29) is 24.5 Å². The number of amides is 1. The molecule has 1 atom stereocenters. The summed E-state index contributed by atoms with van der Waals surface area (Å²) >= 11 is 0. The zero-order valence-corrected chi connectivity index (χ0v) is 11.7. The van der Waals surface area contributed by atoms with Gasteiger partial charge in [-0.3, -0.25) is 9.78 Å². The Morgan fingerprint density at radius 3 is 2.77 bits per heavy atom. The van der Waals surface area contributed by atoms with Gasteiger partial charge >= 0.3 is 0 Å². The Balaban J connectivity index is 1.84. The molecular formula is C15H16FN3O3. The lowest BCUT2D eigenvalue weighted by Crippen LogP contribution is -2.27. The number of ether oxygens (including phenoxy) is 1. The molecule has 0 saturated carbocycles. The summed E-state index contributed by atoms with van der Waals surface area (Å²) in [6.45, 7) is 0.182. The maximum absolute atomic E-state index is 12.7. The van der Waals surface area contributed by atoms with E-state index in [0.29, 0.717) is 11.4 Å². The molecule has 0 radical (unpaired) electrons. The Kier molecular flexibility index (Phi) is 5.26. The van der Waals surface area contributed by atoms with Crippen LogP contribution in [0.25, 0.3) is 0 Å². The minimum atomic E-state index is -0.820. The lowest BCUT2D eigenvalue weighted by molar-refractivity contribution is 0.1000. The molecule has 0 aliphatic heterocycles. The van der Waals surface area contributed by atoms with Crippen LogP contribution in [0.3, 0.4) is 0 Å². The highest BCUT2D eigenvalue weighted by Gasteiger charge is 2.10. The largest absolute Gasteiger partial charge is 0.491 e. The molecule has 1 aromatic carbocycles. The summed E-state index contributed by atoms with van der Waals surface area (Å²) in [4.78, 5) is 15.0. The van der Waals surface area contributed by atoms with E-state index in [1.54, 1.807) is 6.07 Å². The summed E-state index contributed by atoms with van der Waals surface area (Å²) in [5.74, 6) is -0.499. The van der Waals surface area contributed by atoms with Crippen LogP contribution in [0.1, 0.15) is 10.4 Å². The SMILES string of the molecule is NC(=O)c1cnccc1NCC(O)COc1ccc(F)cc1. The normalized spacial score (nSPS) is 11.7. The zero-order valence-electron chi connectivity index (χ0n) is 11.7. The van der Waals surface area contributed by atoms with Crippen molar-refractivity contribution >= 4 is 11.6 Å². The third kappa shape index (κ3) is 4.42. The molecule has 0 saturated heterocycles. The first-order valence-corrected chi connectivity index (χ1v) is 6.60. The first-order valence-electron chi connectivity index (χ1n) is 6.60. The van der Waals surface area contributed by atoms with Gasteiger partial charge in [-0.2, -0.15) is 0 Å². The number of hydrogen-bond donors (Lipinski definition) is 3. The number of nitrogens with two attached hydrogens (primary N) is 1. The highest BCUT2D eigenvalue weighted by molar-refractivity contribution is 5.98. The van der Waals surface area contributed by atoms with Gasteiger partial charge in [0.2, 0.25) is 0 Å². The lowest BCUT2D eigenvalue weighted by atomic mass is 10.2. The molecule has 1 amide bonds. The zero-order chi connectivity index (χ0) is 15.9.